The number of nitrogens with zero attached hydrogens (tertiary/aromatic N) is 1. The molecule has 0 spiro atoms. The van der Waals surface area contributed by atoms with E-state index in [4.69, 9.17) is 5.73 Å². The summed E-state index contributed by atoms with van der Waals surface area (Å²) in [6.45, 7) is 2.37. The van der Waals surface area contributed by atoms with Crippen LogP contribution in [0.3, 0.4) is 0 Å². The SMILES string of the molecule is CC(=O)N1CCCc2cccc(N)c21. The molecule has 0 saturated heterocycles. The fraction of sp³-hybridized carbons (Fsp3) is 0.364. The van der Waals surface area contributed by atoms with Gasteiger partial charge in [-0.3, -0.25) is 4.79 Å². The van der Waals surface area contributed by atoms with Crippen LogP contribution in [0.2, 0.25) is 0 Å². The van der Waals surface area contributed by atoms with Gasteiger partial charge in [-0.25, -0.2) is 0 Å². The maximum absolute atomic E-state index is 11.4. The first-order valence-corrected chi connectivity index (χ1v) is 4.85. The highest BCUT2D eigenvalue weighted by Gasteiger charge is 2.21. The van der Waals surface area contributed by atoms with Crippen molar-refractivity contribution in [2.45, 2.75) is 19.8 Å². The number of benzene rings is 1. The van der Waals surface area contributed by atoms with Gasteiger partial charge in [-0.2, -0.15) is 0 Å². The average molecular weight is 190 g/mol. The third-order valence-corrected chi connectivity index (χ3v) is 2.63. The van der Waals surface area contributed by atoms with E-state index in [2.05, 4.69) is 0 Å². The molecule has 14 heavy (non-hydrogen) atoms. The third kappa shape index (κ3) is 1.35. The summed E-state index contributed by atoms with van der Waals surface area (Å²) in [7, 11) is 0. The number of carbonyl (C=O) groups excluding carboxylic acids is 1. The number of hydrogen-bond acceptors (Lipinski definition) is 2. The van der Waals surface area contributed by atoms with Gasteiger partial charge in [0.1, 0.15) is 0 Å². The number of aryl methyl sites for hydroxylation is 1. The summed E-state index contributed by atoms with van der Waals surface area (Å²) in [6.07, 6.45) is 2.04. The van der Waals surface area contributed by atoms with E-state index in [1.165, 1.54) is 5.56 Å². The van der Waals surface area contributed by atoms with Gasteiger partial charge < -0.3 is 10.6 Å². The minimum atomic E-state index is 0.0730. The van der Waals surface area contributed by atoms with E-state index in [9.17, 15) is 4.79 Å². The van der Waals surface area contributed by atoms with Gasteiger partial charge in [-0.1, -0.05) is 12.1 Å². The normalized spacial score (nSPS) is 15.1. The number of nitrogens with two attached hydrogens (primary N) is 1. The van der Waals surface area contributed by atoms with Gasteiger partial charge in [0.15, 0.2) is 0 Å². The van der Waals surface area contributed by atoms with Crippen LogP contribution < -0.4 is 10.6 Å². The lowest BCUT2D eigenvalue weighted by Gasteiger charge is -2.29. The van der Waals surface area contributed by atoms with Crippen LogP contribution in [0, 0.1) is 0 Å². The molecule has 1 amide bonds. The molecule has 1 heterocycles. The summed E-state index contributed by atoms with van der Waals surface area (Å²) in [6, 6.07) is 5.83. The second-order valence-corrected chi connectivity index (χ2v) is 3.63. The lowest BCUT2D eigenvalue weighted by molar-refractivity contribution is -0.116. The van der Waals surface area contributed by atoms with Crippen molar-refractivity contribution in [2.75, 3.05) is 17.2 Å². The molecule has 0 bridgehead atoms. The molecule has 0 radical (unpaired) electrons. The fourth-order valence-electron chi connectivity index (χ4n) is 2.00. The number of hydrogen-bond donors (Lipinski definition) is 1. The second kappa shape index (κ2) is 3.33. The van der Waals surface area contributed by atoms with Gasteiger partial charge in [0.25, 0.3) is 0 Å². The first-order valence-electron chi connectivity index (χ1n) is 4.85. The highest BCUT2D eigenvalue weighted by atomic mass is 16.2. The van der Waals surface area contributed by atoms with Crippen molar-refractivity contribution in [3.8, 4) is 0 Å². The van der Waals surface area contributed by atoms with Crippen molar-refractivity contribution in [1.29, 1.82) is 0 Å². The molecule has 0 atom stereocenters. The standard InChI is InChI=1S/C11H14N2O/c1-8(14)13-7-3-5-9-4-2-6-10(12)11(9)13/h2,4,6H,3,5,7,12H2,1H3. The van der Waals surface area contributed by atoms with Crippen molar-refractivity contribution >= 4 is 17.3 Å². The van der Waals surface area contributed by atoms with Crippen LogP contribution in [0.25, 0.3) is 0 Å². The molecule has 2 rings (SSSR count). The zero-order chi connectivity index (χ0) is 10.1. The van der Waals surface area contributed by atoms with Gasteiger partial charge in [0, 0.05) is 13.5 Å². The van der Waals surface area contributed by atoms with Crippen LogP contribution in [-0.2, 0) is 11.2 Å². The van der Waals surface area contributed by atoms with E-state index in [0.29, 0.717) is 5.69 Å². The van der Waals surface area contributed by atoms with E-state index in [-0.39, 0.29) is 5.91 Å². The van der Waals surface area contributed by atoms with Crippen molar-refractivity contribution in [1.82, 2.24) is 0 Å². The molecular formula is C11H14N2O. The van der Waals surface area contributed by atoms with Crippen molar-refractivity contribution in [2.24, 2.45) is 0 Å². The number of fused-ring (bicyclic) bond motifs is 1. The molecule has 0 aliphatic carbocycles. The van der Waals surface area contributed by atoms with Crippen LogP contribution in [0.5, 0.6) is 0 Å². The molecule has 2 N–H and O–H groups in total. The number of anilines is 2. The maximum Gasteiger partial charge on any atom is 0.223 e. The Kier molecular flexibility index (Phi) is 2.15. The minimum absolute atomic E-state index is 0.0730. The fourth-order valence-corrected chi connectivity index (χ4v) is 2.00. The molecule has 3 heteroatoms. The number of rotatable bonds is 0. The topological polar surface area (TPSA) is 46.3 Å². The number of carbonyl (C=O) groups is 1. The highest BCUT2D eigenvalue weighted by Crippen LogP contribution is 2.32. The van der Waals surface area contributed by atoms with E-state index >= 15 is 0 Å². The van der Waals surface area contributed by atoms with Gasteiger partial charge in [-0.15, -0.1) is 0 Å². The van der Waals surface area contributed by atoms with Crippen LogP contribution in [0.4, 0.5) is 11.4 Å². The monoisotopic (exact) mass is 190 g/mol. The Bertz CT molecular complexity index is 374. The summed E-state index contributed by atoms with van der Waals surface area (Å²) in [5.41, 5.74) is 8.69. The second-order valence-electron chi connectivity index (χ2n) is 3.63. The highest BCUT2D eigenvalue weighted by molar-refractivity contribution is 5.96. The zero-order valence-corrected chi connectivity index (χ0v) is 8.29. The van der Waals surface area contributed by atoms with Crippen LogP contribution in [0.15, 0.2) is 18.2 Å². The van der Waals surface area contributed by atoms with E-state index in [0.717, 1.165) is 25.1 Å². The summed E-state index contributed by atoms with van der Waals surface area (Å²) >= 11 is 0. The zero-order valence-electron chi connectivity index (χ0n) is 8.29. The Hall–Kier alpha value is -1.51. The summed E-state index contributed by atoms with van der Waals surface area (Å²) in [4.78, 5) is 13.2. The number of amides is 1. The number of para-hydroxylation sites is 1. The predicted molar refractivity (Wildman–Crippen MR) is 57.2 cm³/mol. The third-order valence-electron chi connectivity index (χ3n) is 2.63. The van der Waals surface area contributed by atoms with Gasteiger partial charge >= 0.3 is 0 Å². The van der Waals surface area contributed by atoms with Gasteiger partial charge in [0.2, 0.25) is 5.91 Å². The minimum Gasteiger partial charge on any atom is -0.397 e. The van der Waals surface area contributed by atoms with E-state index in [1.807, 2.05) is 18.2 Å². The molecule has 1 aromatic rings. The summed E-state index contributed by atoms with van der Waals surface area (Å²) in [5.74, 6) is 0.0730. The lowest BCUT2D eigenvalue weighted by Crippen LogP contribution is -2.34. The quantitative estimate of drug-likeness (QED) is 0.631. The van der Waals surface area contributed by atoms with E-state index < -0.39 is 0 Å². The van der Waals surface area contributed by atoms with Crippen molar-refractivity contribution < 1.29 is 4.79 Å². The maximum atomic E-state index is 11.4. The average Bonchev–Trinajstić information content (AvgIpc) is 2.17. The Morgan fingerprint density at radius 1 is 1.50 bits per heavy atom. The molecule has 1 aliphatic heterocycles. The molecule has 0 fully saturated rings. The van der Waals surface area contributed by atoms with E-state index in [1.54, 1.807) is 11.8 Å². The largest absolute Gasteiger partial charge is 0.397 e. The molecule has 3 nitrogen and oxygen atoms in total. The molecule has 1 aliphatic rings. The Morgan fingerprint density at radius 3 is 3.00 bits per heavy atom. The Labute approximate surface area is 83.5 Å². The molecule has 0 saturated carbocycles. The smallest absolute Gasteiger partial charge is 0.223 e. The lowest BCUT2D eigenvalue weighted by atomic mass is 10.0. The number of nitrogen functional groups attached to an aromatic ring is 1. The summed E-state index contributed by atoms with van der Waals surface area (Å²) in [5, 5.41) is 0. The summed E-state index contributed by atoms with van der Waals surface area (Å²) < 4.78 is 0. The predicted octanol–water partition coefficient (Wildman–Crippen LogP) is 1.57. The molecule has 0 unspecified atom stereocenters. The van der Waals surface area contributed by atoms with Gasteiger partial charge in [0.05, 0.1) is 11.4 Å². The van der Waals surface area contributed by atoms with Crippen molar-refractivity contribution in [3.63, 3.8) is 0 Å². The molecular weight excluding hydrogens is 176 g/mol. The van der Waals surface area contributed by atoms with Gasteiger partial charge in [-0.05, 0) is 24.5 Å². The first-order chi connectivity index (χ1) is 6.70. The Balaban J connectivity index is 2.52. The molecule has 74 valence electrons. The van der Waals surface area contributed by atoms with Crippen LogP contribution in [0.1, 0.15) is 18.9 Å². The van der Waals surface area contributed by atoms with Crippen LogP contribution >= 0.6 is 0 Å². The first kappa shape index (κ1) is 9.06. The Morgan fingerprint density at radius 2 is 2.29 bits per heavy atom. The van der Waals surface area contributed by atoms with Crippen LogP contribution in [-0.4, -0.2) is 12.5 Å². The molecule has 0 aromatic heterocycles. The molecule has 1 aromatic carbocycles. The van der Waals surface area contributed by atoms with Crippen molar-refractivity contribution in [3.05, 3.63) is 23.8 Å².